The van der Waals surface area contributed by atoms with E-state index in [1.54, 1.807) is 0 Å². The summed E-state index contributed by atoms with van der Waals surface area (Å²) in [6, 6.07) is 4.23. The topological polar surface area (TPSA) is 37.6 Å². The number of aromatic nitrogens is 1. The number of hydrogen-bond donors (Lipinski definition) is 1. The molecule has 0 saturated carbocycles. The highest BCUT2D eigenvalue weighted by atomic mass is 16.5. The summed E-state index contributed by atoms with van der Waals surface area (Å²) < 4.78 is 8.32. The van der Waals surface area contributed by atoms with E-state index >= 15 is 0 Å². The molecule has 2 rings (SSSR count). The van der Waals surface area contributed by atoms with Gasteiger partial charge in [-0.2, -0.15) is 5.06 Å². The summed E-state index contributed by atoms with van der Waals surface area (Å²) in [4.78, 5) is 0. The highest BCUT2D eigenvalue weighted by Crippen LogP contribution is 2.38. The molecule has 1 N–H and O–H groups in total. The molecule has 1 aromatic rings. The minimum Gasteiger partial charge on any atom is -0.357 e. The second-order valence-corrected chi connectivity index (χ2v) is 7.31. The average Bonchev–Trinajstić information content (AvgIpc) is 2.63. The van der Waals surface area contributed by atoms with Crippen LogP contribution < -0.4 is 0 Å². The number of hydrogen-bond acceptors (Lipinski definition) is 3. The van der Waals surface area contributed by atoms with Crippen molar-refractivity contribution in [2.75, 3.05) is 0 Å². The van der Waals surface area contributed by atoms with Gasteiger partial charge in [0.25, 0.3) is 0 Å². The summed E-state index contributed by atoms with van der Waals surface area (Å²) in [7, 11) is 0. The predicted octanol–water partition coefficient (Wildman–Crippen LogP) is 3.49. The van der Waals surface area contributed by atoms with E-state index in [9.17, 15) is 5.21 Å². The van der Waals surface area contributed by atoms with Crippen molar-refractivity contribution in [3.05, 3.63) is 23.5 Å². The molecule has 0 aromatic carbocycles. The average molecular weight is 280 g/mol. The molecule has 20 heavy (non-hydrogen) atoms. The Morgan fingerprint density at radius 2 is 1.55 bits per heavy atom. The number of piperidine rings is 1. The molecule has 0 spiro atoms. The van der Waals surface area contributed by atoms with Crippen LogP contribution in [-0.2, 0) is 11.5 Å². The lowest BCUT2D eigenvalue weighted by Gasteiger charge is -2.51. The van der Waals surface area contributed by atoms with Gasteiger partial charge in [0.15, 0.2) is 0 Å². The molecule has 1 aliphatic rings. The highest BCUT2D eigenvalue weighted by molar-refractivity contribution is 5.13. The van der Waals surface area contributed by atoms with E-state index in [-0.39, 0.29) is 17.2 Å². The van der Waals surface area contributed by atoms with Crippen molar-refractivity contribution >= 4 is 0 Å². The van der Waals surface area contributed by atoms with Crippen molar-refractivity contribution in [3.8, 4) is 0 Å². The lowest BCUT2D eigenvalue weighted by molar-refractivity contribution is -0.263. The highest BCUT2D eigenvalue weighted by Gasteiger charge is 2.45. The number of rotatable bonds is 3. The Labute approximate surface area is 122 Å². The maximum absolute atomic E-state index is 10.3. The number of ether oxygens (including phenoxy) is 1. The molecule has 0 unspecified atom stereocenters. The van der Waals surface area contributed by atoms with Crippen LogP contribution in [0.25, 0.3) is 0 Å². The minimum absolute atomic E-state index is 0.171. The van der Waals surface area contributed by atoms with Crippen molar-refractivity contribution in [2.24, 2.45) is 0 Å². The SMILES string of the molecule is Cc1ccc(C)n1COC1CC(C)(C)N(O)C(C)(C)C1. The Morgan fingerprint density at radius 1 is 1.10 bits per heavy atom. The first-order chi connectivity index (χ1) is 9.13. The summed E-state index contributed by atoms with van der Waals surface area (Å²) in [6.07, 6.45) is 1.85. The molecule has 0 amide bonds. The van der Waals surface area contributed by atoms with Crippen molar-refractivity contribution in [3.63, 3.8) is 0 Å². The van der Waals surface area contributed by atoms with Gasteiger partial charge >= 0.3 is 0 Å². The van der Waals surface area contributed by atoms with Crippen LogP contribution in [0, 0.1) is 13.8 Å². The Hall–Kier alpha value is -0.840. The van der Waals surface area contributed by atoms with Crippen molar-refractivity contribution in [1.29, 1.82) is 0 Å². The lowest BCUT2D eigenvalue weighted by Crippen LogP contribution is -2.60. The van der Waals surface area contributed by atoms with Gasteiger partial charge < -0.3 is 14.5 Å². The number of nitrogens with zero attached hydrogens (tertiary/aromatic N) is 2. The normalized spacial score (nSPS) is 23.1. The van der Waals surface area contributed by atoms with Crippen LogP contribution in [-0.4, -0.2) is 32.0 Å². The maximum atomic E-state index is 10.3. The number of hydroxylamine groups is 2. The molecule has 0 radical (unpaired) electrons. The van der Waals surface area contributed by atoms with E-state index in [4.69, 9.17) is 4.74 Å². The van der Waals surface area contributed by atoms with Crippen molar-refractivity contribution < 1.29 is 9.94 Å². The van der Waals surface area contributed by atoms with Crippen LogP contribution in [0.4, 0.5) is 0 Å². The smallest absolute Gasteiger partial charge is 0.123 e. The third kappa shape index (κ3) is 2.92. The monoisotopic (exact) mass is 280 g/mol. The fourth-order valence-electron chi connectivity index (χ4n) is 3.38. The third-order valence-electron chi connectivity index (χ3n) is 4.46. The van der Waals surface area contributed by atoms with E-state index in [0.717, 1.165) is 12.8 Å². The molecular weight excluding hydrogens is 252 g/mol. The van der Waals surface area contributed by atoms with Gasteiger partial charge in [-0.25, -0.2) is 0 Å². The zero-order valence-electron chi connectivity index (χ0n) is 13.6. The van der Waals surface area contributed by atoms with Gasteiger partial charge in [0, 0.05) is 22.5 Å². The molecular formula is C16H28N2O2. The molecule has 1 aliphatic heterocycles. The third-order valence-corrected chi connectivity index (χ3v) is 4.46. The van der Waals surface area contributed by atoms with E-state index < -0.39 is 0 Å². The first kappa shape index (κ1) is 15.5. The van der Waals surface area contributed by atoms with Crippen LogP contribution in [0.1, 0.15) is 51.9 Å². The van der Waals surface area contributed by atoms with E-state index in [1.807, 2.05) is 0 Å². The fourth-order valence-corrected chi connectivity index (χ4v) is 3.38. The summed E-state index contributed by atoms with van der Waals surface area (Å²) in [5, 5.41) is 11.8. The Bertz CT molecular complexity index is 439. The second kappa shape index (κ2) is 5.17. The Balaban J connectivity index is 2.04. The standard InChI is InChI=1S/C16H28N2O2/c1-12-7-8-13(2)17(12)11-20-14-9-15(3,4)18(19)16(5,6)10-14/h7-8,14,19H,9-11H2,1-6H3. The molecule has 4 heteroatoms. The maximum Gasteiger partial charge on any atom is 0.123 e. The van der Waals surface area contributed by atoms with Crippen LogP contribution in [0.5, 0.6) is 0 Å². The summed E-state index contributed by atoms with van der Waals surface area (Å²) in [5.74, 6) is 0. The Kier molecular flexibility index (Phi) is 4.02. The molecule has 0 bridgehead atoms. The van der Waals surface area contributed by atoms with Gasteiger partial charge in [-0.3, -0.25) is 0 Å². The van der Waals surface area contributed by atoms with Crippen molar-refractivity contribution in [1.82, 2.24) is 9.63 Å². The quantitative estimate of drug-likeness (QED) is 0.921. The van der Waals surface area contributed by atoms with Gasteiger partial charge in [0.2, 0.25) is 0 Å². The molecule has 114 valence electrons. The van der Waals surface area contributed by atoms with Crippen molar-refractivity contribution in [2.45, 2.75) is 78.3 Å². The molecule has 4 nitrogen and oxygen atoms in total. The first-order valence-corrected chi connectivity index (χ1v) is 7.37. The second-order valence-electron chi connectivity index (χ2n) is 7.31. The van der Waals surface area contributed by atoms with E-state index in [0.29, 0.717) is 6.73 Å². The van der Waals surface area contributed by atoms with Gasteiger partial charge in [0.1, 0.15) is 6.73 Å². The zero-order chi connectivity index (χ0) is 15.1. The molecule has 0 aliphatic carbocycles. The van der Waals surface area contributed by atoms with Gasteiger partial charge in [-0.15, -0.1) is 0 Å². The summed E-state index contributed by atoms with van der Waals surface area (Å²) in [5.41, 5.74) is 1.93. The van der Waals surface area contributed by atoms with Gasteiger partial charge in [-0.05, 0) is 66.5 Å². The fraction of sp³-hybridized carbons (Fsp3) is 0.750. The summed E-state index contributed by atoms with van der Waals surface area (Å²) in [6.45, 7) is 13.0. The Morgan fingerprint density at radius 3 is 2.00 bits per heavy atom. The van der Waals surface area contributed by atoms with Crippen LogP contribution in [0.2, 0.25) is 0 Å². The van der Waals surface area contributed by atoms with Gasteiger partial charge in [-0.1, -0.05) is 0 Å². The number of aryl methyl sites for hydroxylation is 2. The van der Waals surface area contributed by atoms with E-state index in [1.165, 1.54) is 16.5 Å². The minimum atomic E-state index is -0.257. The van der Waals surface area contributed by atoms with E-state index in [2.05, 4.69) is 58.2 Å². The lowest BCUT2D eigenvalue weighted by atomic mass is 9.80. The molecule has 0 atom stereocenters. The molecule has 1 fully saturated rings. The van der Waals surface area contributed by atoms with Gasteiger partial charge in [0.05, 0.1) is 6.10 Å². The summed E-state index contributed by atoms with van der Waals surface area (Å²) >= 11 is 0. The predicted molar refractivity (Wildman–Crippen MR) is 79.8 cm³/mol. The van der Waals surface area contributed by atoms with Crippen LogP contribution >= 0.6 is 0 Å². The van der Waals surface area contributed by atoms with Crippen LogP contribution in [0.3, 0.4) is 0 Å². The first-order valence-electron chi connectivity index (χ1n) is 7.37. The molecule has 1 aromatic heterocycles. The zero-order valence-corrected chi connectivity index (χ0v) is 13.6. The largest absolute Gasteiger partial charge is 0.357 e. The molecule has 2 heterocycles. The van der Waals surface area contributed by atoms with Crippen LogP contribution in [0.15, 0.2) is 12.1 Å². The molecule has 1 saturated heterocycles.